The van der Waals surface area contributed by atoms with Crippen LogP contribution in [-0.2, 0) is 5.54 Å². The summed E-state index contributed by atoms with van der Waals surface area (Å²) in [5.74, 6) is 0. The van der Waals surface area contributed by atoms with Crippen LogP contribution in [-0.4, -0.2) is 0 Å². The predicted molar refractivity (Wildman–Crippen MR) is 85.7 cm³/mol. The first-order valence-electron chi connectivity index (χ1n) is 7.48. The highest BCUT2D eigenvalue weighted by Gasteiger charge is 2.33. The lowest BCUT2D eigenvalue weighted by molar-refractivity contribution is 0.330. The second kappa shape index (κ2) is 5.58. The van der Waals surface area contributed by atoms with Crippen molar-refractivity contribution in [3.05, 3.63) is 60.2 Å². The molecule has 0 bridgehead atoms. The van der Waals surface area contributed by atoms with Gasteiger partial charge in [0.2, 0.25) is 0 Å². The molecule has 2 aromatic rings. The van der Waals surface area contributed by atoms with Gasteiger partial charge in [0.15, 0.2) is 0 Å². The quantitative estimate of drug-likeness (QED) is 0.800. The molecular weight excluding hydrogens is 244 g/mol. The molecule has 104 valence electrons. The Kier molecular flexibility index (Phi) is 3.64. The van der Waals surface area contributed by atoms with Crippen molar-refractivity contribution in [2.45, 2.75) is 37.6 Å². The fourth-order valence-electron chi connectivity index (χ4n) is 3.24. The highest BCUT2D eigenvalue weighted by Crippen LogP contribution is 2.40. The Morgan fingerprint density at radius 1 is 0.800 bits per heavy atom. The standard InChI is InChI=1S/C18H22N2/c19-16-9-11-17(12-10-16)20-18(13-5-2-6-14-18)15-7-3-1-4-8-15/h1,3-4,7-12,20H,2,5-6,13-14,19H2. The summed E-state index contributed by atoms with van der Waals surface area (Å²) >= 11 is 0. The maximum atomic E-state index is 5.78. The molecule has 0 saturated heterocycles. The third-order valence-electron chi connectivity index (χ3n) is 4.33. The maximum Gasteiger partial charge on any atom is 0.0625 e. The van der Waals surface area contributed by atoms with Crippen LogP contribution in [0.15, 0.2) is 54.6 Å². The predicted octanol–water partition coefficient (Wildman–Crippen LogP) is 4.54. The zero-order valence-electron chi connectivity index (χ0n) is 11.8. The Morgan fingerprint density at radius 3 is 2.10 bits per heavy atom. The van der Waals surface area contributed by atoms with E-state index in [4.69, 9.17) is 5.73 Å². The van der Waals surface area contributed by atoms with Crippen LogP contribution in [0.25, 0.3) is 0 Å². The zero-order valence-corrected chi connectivity index (χ0v) is 11.8. The Hall–Kier alpha value is -1.96. The van der Waals surface area contributed by atoms with Crippen molar-refractivity contribution < 1.29 is 0 Å². The molecule has 2 heteroatoms. The monoisotopic (exact) mass is 266 g/mol. The number of nitrogens with one attached hydrogen (secondary N) is 1. The summed E-state index contributed by atoms with van der Waals surface area (Å²) in [4.78, 5) is 0. The molecule has 0 radical (unpaired) electrons. The van der Waals surface area contributed by atoms with Crippen LogP contribution in [0, 0.1) is 0 Å². The van der Waals surface area contributed by atoms with Gasteiger partial charge in [-0.05, 0) is 42.7 Å². The number of nitrogen functional groups attached to an aromatic ring is 1. The SMILES string of the molecule is Nc1ccc(NC2(c3ccccc3)CCCCC2)cc1. The fraction of sp³-hybridized carbons (Fsp3) is 0.333. The molecule has 0 spiro atoms. The average molecular weight is 266 g/mol. The van der Waals surface area contributed by atoms with E-state index in [9.17, 15) is 0 Å². The Morgan fingerprint density at radius 2 is 1.45 bits per heavy atom. The van der Waals surface area contributed by atoms with Crippen LogP contribution in [0.2, 0.25) is 0 Å². The molecule has 1 fully saturated rings. The van der Waals surface area contributed by atoms with Gasteiger partial charge in [0.05, 0.1) is 5.54 Å². The Balaban J connectivity index is 1.92. The molecule has 20 heavy (non-hydrogen) atoms. The van der Waals surface area contributed by atoms with E-state index in [0.29, 0.717) is 0 Å². The lowest BCUT2D eigenvalue weighted by Crippen LogP contribution is -2.37. The van der Waals surface area contributed by atoms with E-state index >= 15 is 0 Å². The van der Waals surface area contributed by atoms with Crippen molar-refractivity contribution in [2.75, 3.05) is 11.1 Å². The molecule has 1 saturated carbocycles. The molecule has 0 unspecified atom stereocenters. The van der Waals surface area contributed by atoms with Crippen LogP contribution in [0.5, 0.6) is 0 Å². The summed E-state index contributed by atoms with van der Waals surface area (Å²) in [6.07, 6.45) is 6.31. The zero-order chi connectivity index (χ0) is 13.8. The van der Waals surface area contributed by atoms with Gasteiger partial charge < -0.3 is 11.1 Å². The molecule has 0 atom stereocenters. The molecule has 2 nitrogen and oxygen atoms in total. The van der Waals surface area contributed by atoms with Crippen LogP contribution < -0.4 is 11.1 Å². The lowest BCUT2D eigenvalue weighted by atomic mass is 9.76. The molecule has 0 heterocycles. The summed E-state index contributed by atoms with van der Waals surface area (Å²) < 4.78 is 0. The van der Waals surface area contributed by atoms with Gasteiger partial charge in [-0.2, -0.15) is 0 Å². The Labute approximate surface area is 121 Å². The van der Waals surface area contributed by atoms with Crippen molar-refractivity contribution in [1.82, 2.24) is 0 Å². The first-order valence-corrected chi connectivity index (χ1v) is 7.48. The first kappa shape index (κ1) is 13.0. The average Bonchev–Trinajstić information content (AvgIpc) is 2.52. The van der Waals surface area contributed by atoms with E-state index in [-0.39, 0.29) is 5.54 Å². The summed E-state index contributed by atoms with van der Waals surface area (Å²) in [5.41, 5.74) is 9.22. The van der Waals surface area contributed by atoms with Crippen LogP contribution in [0.4, 0.5) is 11.4 Å². The maximum absolute atomic E-state index is 5.78. The minimum Gasteiger partial charge on any atom is -0.399 e. The van der Waals surface area contributed by atoms with Gasteiger partial charge in [-0.1, -0.05) is 49.6 Å². The van der Waals surface area contributed by atoms with Crippen LogP contribution in [0.1, 0.15) is 37.7 Å². The summed E-state index contributed by atoms with van der Waals surface area (Å²) in [6.45, 7) is 0. The molecule has 3 N–H and O–H groups in total. The van der Waals surface area contributed by atoms with Gasteiger partial charge in [0, 0.05) is 11.4 Å². The van der Waals surface area contributed by atoms with Gasteiger partial charge in [-0.15, -0.1) is 0 Å². The molecule has 2 aromatic carbocycles. The molecule has 1 aliphatic rings. The van der Waals surface area contributed by atoms with Crippen LogP contribution >= 0.6 is 0 Å². The Bertz CT molecular complexity index is 539. The highest BCUT2D eigenvalue weighted by molar-refractivity contribution is 5.53. The van der Waals surface area contributed by atoms with E-state index in [0.717, 1.165) is 11.4 Å². The van der Waals surface area contributed by atoms with E-state index in [1.807, 2.05) is 12.1 Å². The molecule has 1 aliphatic carbocycles. The summed E-state index contributed by atoms with van der Waals surface area (Å²) in [6, 6.07) is 18.9. The number of hydrogen-bond donors (Lipinski definition) is 2. The summed E-state index contributed by atoms with van der Waals surface area (Å²) in [5, 5.41) is 3.78. The van der Waals surface area contributed by atoms with Crippen molar-refractivity contribution in [1.29, 1.82) is 0 Å². The first-order chi connectivity index (χ1) is 9.78. The third-order valence-corrected chi connectivity index (χ3v) is 4.33. The van der Waals surface area contributed by atoms with Gasteiger partial charge in [-0.25, -0.2) is 0 Å². The number of anilines is 2. The molecule has 3 rings (SSSR count). The molecule has 0 aliphatic heterocycles. The third kappa shape index (κ3) is 2.64. The fourth-order valence-corrected chi connectivity index (χ4v) is 3.24. The van der Waals surface area contributed by atoms with E-state index in [2.05, 4.69) is 47.8 Å². The highest BCUT2D eigenvalue weighted by atomic mass is 15.0. The van der Waals surface area contributed by atoms with Crippen molar-refractivity contribution >= 4 is 11.4 Å². The second-order valence-corrected chi connectivity index (χ2v) is 5.76. The lowest BCUT2D eigenvalue weighted by Gasteiger charge is -2.39. The smallest absolute Gasteiger partial charge is 0.0625 e. The van der Waals surface area contributed by atoms with Crippen molar-refractivity contribution in [3.63, 3.8) is 0 Å². The van der Waals surface area contributed by atoms with Crippen molar-refractivity contribution in [3.8, 4) is 0 Å². The van der Waals surface area contributed by atoms with Gasteiger partial charge >= 0.3 is 0 Å². The van der Waals surface area contributed by atoms with Crippen LogP contribution in [0.3, 0.4) is 0 Å². The second-order valence-electron chi connectivity index (χ2n) is 5.76. The summed E-state index contributed by atoms with van der Waals surface area (Å²) in [7, 11) is 0. The number of benzene rings is 2. The van der Waals surface area contributed by atoms with E-state index in [1.54, 1.807) is 0 Å². The number of nitrogens with two attached hydrogens (primary N) is 1. The molecular formula is C18H22N2. The molecule has 0 aromatic heterocycles. The normalized spacial score (nSPS) is 17.6. The van der Waals surface area contributed by atoms with E-state index < -0.39 is 0 Å². The minimum absolute atomic E-state index is 0.0790. The van der Waals surface area contributed by atoms with E-state index in [1.165, 1.54) is 37.7 Å². The topological polar surface area (TPSA) is 38.0 Å². The van der Waals surface area contributed by atoms with Crippen molar-refractivity contribution in [2.24, 2.45) is 0 Å². The van der Waals surface area contributed by atoms with Gasteiger partial charge in [0.1, 0.15) is 0 Å². The molecule has 0 amide bonds. The number of hydrogen-bond acceptors (Lipinski definition) is 2. The minimum atomic E-state index is 0.0790. The van der Waals surface area contributed by atoms with Gasteiger partial charge in [0.25, 0.3) is 0 Å². The number of rotatable bonds is 3. The largest absolute Gasteiger partial charge is 0.399 e. The van der Waals surface area contributed by atoms with Gasteiger partial charge in [-0.3, -0.25) is 0 Å².